The number of carbonyl (C=O) groups excluding carboxylic acids is 2. The summed E-state index contributed by atoms with van der Waals surface area (Å²) < 4.78 is 41.2. The number of hydrogen-bond acceptors (Lipinski definition) is 5. The Bertz CT molecular complexity index is 873. The molecule has 0 atom stereocenters. The molecule has 5 nitrogen and oxygen atoms in total. The maximum Gasteiger partial charge on any atom is 0.339 e. The van der Waals surface area contributed by atoms with Crippen LogP contribution in [0.4, 0.5) is 4.39 Å². The van der Waals surface area contributed by atoms with Crippen molar-refractivity contribution in [2.75, 3.05) is 12.9 Å². The second-order valence-electron chi connectivity index (χ2n) is 5.44. The van der Waals surface area contributed by atoms with Crippen molar-refractivity contribution in [3.63, 3.8) is 0 Å². The minimum absolute atomic E-state index is 0.0239. The fraction of sp³-hybridized carbons (Fsp3) is 0.222. The van der Waals surface area contributed by atoms with Gasteiger partial charge in [0.2, 0.25) is 0 Å². The summed E-state index contributed by atoms with van der Waals surface area (Å²) in [6.07, 6.45) is 1.43. The highest BCUT2D eigenvalue weighted by Crippen LogP contribution is 2.16. The number of Topliss-reactive ketones (excluding diaryl/α,β-unsaturated/α-hetero) is 1. The van der Waals surface area contributed by atoms with Crippen molar-refractivity contribution >= 4 is 21.6 Å². The monoisotopic (exact) mass is 364 g/mol. The molecule has 0 saturated heterocycles. The predicted molar refractivity (Wildman–Crippen MR) is 89.8 cm³/mol. The third kappa shape index (κ3) is 5.22. The van der Waals surface area contributed by atoms with Crippen LogP contribution < -0.4 is 0 Å². The highest BCUT2D eigenvalue weighted by atomic mass is 32.2. The van der Waals surface area contributed by atoms with Crippen LogP contribution in [0, 0.1) is 5.82 Å². The number of ether oxygens (including phenoxy) is 1. The number of sulfone groups is 1. The average molecular weight is 364 g/mol. The second-order valence-corrected chi connectivity index (χ2v) is 7.42. The van der Waals surface area contributed by atoms with Crippen LogP contribution in [0.25, 0.3) is 0 Å². The zero-order chi connectivity index (χ0) is 18.4. The Balaban J connectivity index is 1.89. The molecule has 2 aromatic rings. The van der Waals surface area contributed by atoms with E-state index >= 15 is 0 Å². The van der Waals surface area contributed by atoms with Crippen LogP contribution in [0.2, 0.25) is 0 Å². The molecule has 0 fully saturated rings. The standard InChI is InChI=1S/C18H17FO5S/c1-25(22,23)17-7-3-2-5-15(17)18(21)24-12-4-6-16(20)13-8-10-14(19)11-9-13/h2-3,5,7-11H,4,6,12H2,1H3. The Labute approximate surface area is 145 Å². The van der Waals surface area contributed by atoms with Crippen molar-refractivity contribution in [1.82, 2.24) is 0 Å². The predicted octanol–water partition coefficient (Wildman–Crippen LogP) is 3.05. The maximum atomic E-state index is 12.8. The van der Waals surface area contributed by atoms with E-state index in [1.54, 1.807) is 6.07 Å². The van der Waals surface area contributed by atoms with E-state index in [-0.39, 0.29) is 35.7 Å². The number of benzene rings is 2. The lowest BCUT2D eigenvalue weighted by molar-refractivity contribution is 0.0489. The molecule has 0 heterocycles. The van der Waals surface area contributed by atoms with E-state index < -0.39 is 21.6 Å². The second kappa shape index (κ2) is 8.02. The number of esters is 1. The number of rotatable bonds is 7. The van der Waals surface area contributed by atoms with Gasteiger partial charge in [0.15, 0.2) is 15.6 Å². The number of ketones is 1. The molecular weight excluding hydrogens is 347 g/mol. The molecule has 0 aliphatic carbocycles. The number of hydrogen-bond donors (Lipinski definition) is 0. The Morgan fingerprint density at radius 2 is 1.68 bits per heavy atom. The van der Waals surface area contributed by atoms with E-state index in [2.05, 4.69) is 0 Å². The highest BCUT2D eigenvalue weighted by Gasteiger charge is 2.19. The van der Waals surface area contributed by atoms with Crippen LogP contribution >= 0.6 is 0 Å². The van der Waals surface area contributed by atoms with Gasteiger partial charge in [0, 0.05) is 18.2 Å². The molecule has 25 heavy (non-hydrogen) atoms. The zero-order valence-corrected chi connectivity index (χ0v) is 14.4. The van der Waals surface area contributed by atoms with Gasteiger partial charge in [-0.2, -0.15) is 0 Å². The Hall–Kier alpha value is -2.54. The normalized spacial score (nSPS) is 11.1. The minimum Gasteiger partial charge on any atom is -0.462 e. The van der Waals surface area contributed by atoms with Crippen molar-refractivity contribution in [3.8, 4) is 0 Å². The fourth-order valence-electron chi connectivity index (χ4n) is 2.21. The molecule has 2 rings (SSSR count). The minimum atomic E-state index is -3.55. The van der Waals surface area contributed by atoms with Gasteiger partial charge in [-0.05, 0) is 42.8 Å². The summed E-state index contributed by atoms with van der Waals surface area (Å²) in [6, 6.07) is 11.0. The number of carbonyl (C=O) groups is 2. The van der Waals surface area contributed by atoms with Gasteiger partial charge in [0.05, 0.1) is 17.1 Å². The first-order valence-electron chi connectivity index (χ1n) is 7.54. The maximum absolute atomic E-state index is 12.8. The lowest BCUT2D eigenvalue weighted by atomic mass is 10.1. The van der Waals surface area contributed by atoms with Crippen molar-refractivity contribution in [1.29, 1.82) is 0 Å². The van der Waals surface area contributed by atoms with E-state index in [9.17, 15) is 22.4 Å². The largest absolute Gasteiger partial charge is 0.462 e. The van der Waals surface area contributed by atoms with Gasteiger partial charge < -0.3 is 4.74 Å². The molecule has 0 aliphatic heterocycles. The molecule has 0 saturated carbocycles. The van der Waals surface area contributed by atoms with Gasteiger partial charge in [0.1, 0.15) is 5.82 Å². The van der Waals surface area contributed by atoms with Crippen LogP contribution in [0.1, 0.15) is 33.6 Å². The summed E-state index contributed by atoms with van der Waals surface area (Å²) in [5, 5.41) is 0. The van der Waals surface area contributed by atoms with Gasteiger partial charge in [-0.3, -0.25) is 4.79 Å². The summed E-state index contributed by atoms with van der Waals surface area (Å²) in [7, 11) is -3.55. The first-order chi connectivity index (χ1) is 11.8. The van der Waals surface area contributed by atoms with Crippen LogP contribution in [0.15, 0.2) is 53.4 Å². The first-order valence-corrected chi connectivity index (χ1v) is 9.43. The summed E-state index contributed by atoms with van der Waals surface area (Å²) in [4.78, 5) is 23.9. The van der Waals surface area contributed by atoms with Crippen molar-refractivity contribution in [2.24, 2.45) is 0 Å². The van der Waals surface area contributed by atoms with Crippen LogP contribution in [0.3, 0.4) is 0 Å². The van der Waals surface area contributed by atoms with Crippen LogP contribution in [-0.2, 0) is 14.6 Å². The van der Waals surface area contributed by atoms with Crippen molar-refractivity contribution in [2.45, 2.75) is 17.7 Å². The van der Waals surface area contributed by atoms with Crippen molar-refractivity contribution < 1.29 is 27.1 Å². The van der Waals surface area contributed by atoms with E-state index in [0.717, 1.165) is 6.26 Å². The van der Waals surface area contributed by atoms with Crippen molar-refractivity contribution in [3.05, 3.63) is 65.5 Å². The van der Waals surface area contributed by atoms with E-state index in [1.807, 2.05) is 0 Å². The third-order valence-corrected chi connectivity index (χ3v) is 4.61. The van der Waals surface area contributed by atoms with Gasteiger partial charge >= 0.3 is 5.97 Å². The van der Waals surface area contributed by atoms with Crippen LogP contribution in [0.5, 0.6) is 0 Å². The van der Waals surface area contributed by atoms with Gasteiger partial charge in [-0.15, -0.1) is 0 Å². The topological polar surface area (TPSA) is 77.5 Å². The van der Waals surface area contributed by atoms with Crippen LogP contribution in [-0.4, -0.2) is 33.0 Å². The zero-order valence-electron chi connectivity index (χ0n) is 13.6. The highest BCUT2D eigenvalue weighted by molar-refractivity contribution is 7.90. The van der Waals surface area contributed by atoms with E-state index in [4.69, 9.17) is 4.74 Å². The quantitative estimate of drug-likeness (QED) is 0.429. The fourth-order valence-corrected chi connectivity index (χ4v) is 3.09. The van der Waals surface area contributed by atoms with Gasteiger partial charge in [-0.1, -0.05) is 12.1 Å². The Kier molecular flexibility index (Phi) is 6.03. The summed E-state index contributed by atoms with van der Waals surface area (Å²) in [5.41, 5.74) is 0.352. The Morgan fingerprint density at radius 1 is 1.04 bits per heavy atom. The summed E-state index contributed by atoms with van der Waals surface area (Å²) in [5.74, 6) is -1.36. The molecule has 132 valence electrons. The lowest BCUT2D eigenvalue weighted by Gasteiger charge is -2.08. The molecule has 0 amide bonds. The molecule has 2 aromatic carbocycles. The molecule has 7 heteroatoms. The molecule has 0 aromatic heterocycles. The number of halogens is 1. The molecule has 0 unspecified atom stereocenters. The molecule has 0 radical (unpaired) electrons. The summed E-state index contributed by atoms with van der Waals surface area (Å²) >= 11 is 0. The SMILES string of the molecule is CS(=O)(=O)c1ccccc1C(=O)OCCCC(=O)c1ccc(F)cc1. The third-order valence-electron chi connectivity index (χ3n) is 3.45. The molecular formula is C18H17FO5S. The Morgan fingerprint density at radius 3 is 2.32 bits per heavy atom. The lowest BCUT2D eigenvalue weighted by Crippen LogP contribution is -2.12. The van der Waals surface area contributed by atoms with E-state index in [1.165, 1.54) is 42.5 Å². The molecule has 0 spiro atoms. The smallest absolute Gasteiger partial charge is 0.339 e. The van der Waals surface area contributed by atoms with Gasteiger partial charge in [-0.25, -0.2) is 17.6 Å². The molecule has 0 aliphatic rings. The summed E-state index contributed by atoms with van der Waals surface area (Å²) in [6.45, 7) is -0.0239. The van der Waals surface area contributed by atoms with E-state index in [0.29, 0.717) is 5.56 Å². The van der Waals surface area contributed by atoms with Gasteiger partial charge in [0.25, 0.3) is 0 Å². The first kappa shape index (κ1) is 18.8. The molecule has 0 bridgehead atoms. The molecule has 0 N–H and O–H groups in total. The average Bonchev–Trinajstić information content (AvgIpc) is 2.58.